The number of hydrogen-bond acceptors (Lipinski definition) is 2. The van der Waals surface area contributed by atoms with Gasteiger partial charge in [0.1, 0.15) is 0 Å². The van der Waals surface area contributed by atoms with Gasteiger partial charge in [0, 0.05) is 7.05 Å². The van der Waals surface area contributed by atoms with Crippen LogP contribution in [0.1, 0.15) is 16.1 Å². The smallest absolute Gasteiger partial charge is 0.362 e. The second kappa shape index (κ2) is 3.67. The maximum absolute atomic E-state index is 10.2. The van der Waals surface area contributed by atoms with Crippen LogP contribution in [0.15, 0.2) is 0 Å². The fourth-order valence-corrected chi connectivity index (χ4v) is 0.669. The third kappa shape index (κ3) is 1.54. The second-order valence-electron chi connectivity index (χ2n) is 1.86. The van der Waals surface area contributed by atoms with E-state index < -0.39 is 0 Å². The fraction of sp³-hybridized carbons (Fsp3) is 0.333. The molecule has 0 aromatic carbocycles. The van der Waals surface area contributed by atoms with Crippen molar-refractivity contribution in [3.05, 3.63) is 17.5 Å². The van der Waals surface area contributed by atoms with Gasteiger partial charge in [0.2, 0.25) is 0 Å². The zero-order chi connectivity index (χ0) is 6.85. The molecule has 0 aliphatic rings. The molecule has 1 aromatic heterocycles. The molecule has 52 valence electrons. The maximum atomic E-state index is 10.2. The molecular formula is C6H7N2OW+. The summed E-state index contributed by atoms with van der Waals surface area (Å²) in [5.41, 5.74) is 1.39. The Hall–Kier alpha value is -0.432. The van der Waals surface area contributed by atoms with Crippen LogP contribution < -0.4 is 0 Å². The minimum absolute atomic E-state index is 0. The molecular weight excluding hydrogens is 300 g/mol. The quantitative estimate of drug-likeness (QED) is 0.554. The summed E-state index contributed by atoms with van der Waals surface area (Å²) in [5, 5.41) is 3.75. The summed E-state index contributed by atoms with van der Waals surface area (Å²) in [5.74, 6) is 0. The number of aromatic nitrogens is 2. The zero-order valence-corrected chi connectivity index (χ0v) is 8.72. The van der Waals surface area contributed by atoms with E-state index in [-0.39, 0.29) is 21.1 Å². The number of hydrogen-bond donors (Lipinski definition) is 0. The minimum Gasteiger partial charge on any atom is -0.362 e. The second-order valence-corrected chi connectivity index (χ2v) is 1.86. The predicted octanol–water partition coefficient (Wildman–Crippen LogP) is 0.339. The van der Waals surface area contributed by atoms with Gasteiger partial charge >= 0.3 is 21.1 Å². The van der Waals surface area contributed by atoms with Crippen molar-refractivity contribution in [2.75, 3.05) is 0 Å². The van der Waals surface area contributed by atoms with E-state index in [0.29, 0.717) is 5.69 Å². The SMILES string of the molecule is Cc1[c-]nn(C)c1C=O.[W+2]. The van der Waals surface area contributed by atoms with E-state index in [0.717, 1.165) is 11.8 Å². The summed E-state index contributed by atoms with van der Waals surface area (Å²) in [4.78, 5) is 10.2. The molecule has 0 aliphatic heterocycles. The summed E-state index contributed by atoms with van der Waals surface area (Å²) in [6, 6.07) is 0. The molecule has 0 radical (unpaired) electrons. The van der Waals surface area contributed by atoms with Gasteiger partial charge in [-0.25, -0.2) is 0 Å². The molecule has 0 spiro atoms. The molecule has 1 aromatic rings. The largest absolute Gasteiger partial charge is 2.00 e. The van der Waals surface area contributed by atoms with Crippen molar-refractivity contribution in [1.82, 2.24) is 9.78 Å². The van der Waals surface area contributed by atoms with Crippen LogP contribution in [0.5, 0.6) is 0 Å². The molecule has 0 saturated carbocycles. The van der Waals surface area contributed by atoms with E-state index in [9.17, 15) is 4.79 Å². The predicted molar refractivity (Wildman–Crippen MR) is 32.2 cm³/mol. The fourth-order valence-electron chi connectivity index (χ4n) is 0.669. The topological polar surface area (TPSA) is 34.9 Å². The molecule has 0 amide bonds. The van der Waals surface area contributed by atoms with E-state index in [1.165, 1.54) is 4.68 Å². The van der Waals surface area contributed by atoms with E-state index in [1.54, 1.807) is 14.0 Å². The average molecular weight is 307 g/mol. The standard InChI is InChI=1S/C6H7N2O.W/c1-5-3-7-8(2)6(5)4-9;/h4H,1-2H3;/q-1;+2. The first kappa shape index (κ1) is 9.57. The molecule has 4 heteroatoms. The Balaban J connectivity index is 0.000000810. The van der Waals surface area contributed by atoms with Crippen LogP contribution in [0, 0.1) is 13.1 Å². The van der Waals surface area contributed by atoms with Gasteiger partial charge in [0.25, 0.3) is 0 Å². The van der Waals surface area contributed by atoms with Crippen LogP contribution in [0.25, 0.3) is 0 Å². The normalized spacial score (nSPS) is 8.60. The van der Waals surface area contributed by atoms with Crippen molar-refractivity contribution in [1.29, 1.82) is 0 Å². The van der Waals surface area contributed by atoms with E-state index in [1.807, 2.05) is 0 Å². The number of aldehydes is 1. The monoisotopic (exact) mass is 307 g/mol. The molecule has 1 heterocycles. The van der Waals surface area contributed by atoms with Crippen molar-refractivity contribution in [3.63, 3.8) is 0 Å². The Morgan fingerprint density at radius 1 is 1.70 bits per heavy atom. The molecule has 3 nitrogen and oxygen atoms in total. The van der Waals surface area contributed by atoms with Crippen LogP contribution in [0.4, 0.5) is 0 Å². The Labute approximate surface area is 73.7 Å². The van der Waals surface area contributed by atoms with E-state index in [4.69, 9.17) is 0 Å². The Morgan fingerprint density at radius 3 is 2.50 bits per heavy atom. The molecule has 0 N–H and O–H groups in total. The third-order valence-corrected chi connectivity index (χ3v) is 1.21. The van der Waals surface area contributed by atoms with Crippen LogP contribution in [0.3, 0.4) is 0 Å². The summed E-state index contributed by atoms with van der Waals surface area (Å²) >= 11 is 0. The Bertz CT molecular complexity index is 212. The number of carbonyl (C=O) groups excluding carboxylic acids is 1. The van der Waals surface area contributed by atoms with Gasteiger partial charge in [0.15, 0.2) is 0 Å². The van der Waals surface area contributed by atoms with Gasteiger partial charge in [-0.3, -0.25) is 0 Å². The van der Waals surface area contributed by atoms with E-state index in [2.05, 4.69) is 11.3 Å². The van der Waals surface area contributed by atoms with Crippen LogP contribution >= 0.6 is 0 Å². The number of rotatable bonds is 1. The minimum atomic E-state index is 0. The van der Waals surface area contributed by atoms with Gasteiger partial charge in [0.05, 0.1) is 6.29 Å². The summed E-state index contributed by atoms with van der Waals surface area (Å²) < 4.78 is 1.50. The molecule has 0 aliphatic carbocycles. The summed E-state index contributed by atoms with van der Waals surface area (Å²) in [6.07, 6.45) is 3.45. The van der Waals surface area contributed by atoms with Crippen molar-refractivity contribution < 1.29 is 25.9 Å². The average Bonchev–Trinajstić information content (AvgIpc) is 2.12. The zero-order valence-electron chi connectivity index (χ0n) is 5.79. The van der Waals surface area contributed by atoms with Gasteiger partial charge in [-0.15, -0.1) is 6.20 Å². The maximum Gasteiger partial charge on any atom is 2.00 e. The Morgan fingerprint density at radius 2 is 2.30 bits per heavy atom. The summed E-state index contributed by atoms with van der Waals surface area (Å²) in [6.45, 7) is 1.80. The number of nitrogens with zero attached hydrogens (tertiary/aromatic N) is 2. The van der Waals surface area contributed by atoms with Gasteiger partial charge < -0.3 is 14.6 Å². The van der Waals surface area contributed by atoms with Crippen LogP contribution in [0.2, 0.25) is 0 Å². The third-order valence-electron chi connectivity index (χ3n) is 1.21. The van der Waals surface area contributed by atoms with Gasteiger partial charge in [-0.2, -0.15) is 5.56 Å². The summed E-state index contributed by atoms with van der Waals surface area (Å²) in [7, 11) is 1.72. The molecule has 0 fully saturated rings. The Kier molecular flexibility index (Phi) is 3.51. The molecule has 0 unspecified atom stereocenters. The first-order valence-corrected chi connectivity index (χ1v) is 2.62. The van der Waals surface area contributed by atoms with Crippen molar-refractivity contribution in [3.8, 4) is 0 Å². The van der Waals surface area contributed by atoms with Crippen LogP contribution in [-0.2, 0) is 28.1 Å². The number of carbonyl (C=O) groups is 1. The molecule has 0 bridgehead atoms. The molecule has 0 atom stereocenters. The van der Waals surface area contributed by atoms with Gasteiger partial charge in [-0.1, -0.05) is 6.92 Å². The van der Waals surface area contributed by atoms with E-state index >= 15 is 0 Å². The molecule has 0 saturated heterocycles. The van der Waals surface area contributed by atoms with Crippen LogP contribution in [-0.4, -0.2) is 16.1 Å². The first-order valence-electron chi connectivity index (χ1n) is 2.62. The first-order chi connectivity index (χ1) is 4.25. The molecule has 10 heavy (non-hydrogen) atoms. The van der Waals surface area contributed by atoms with Crippen molar-refractivity contribution in [2.24, 2.45) is 7.05 Å². The van der Waals surface area contributed by atoms with Gasteiger partial charge in [-0.05, 0) is 5.69 Å². The van der Waals surface area contributed by atoms with Crippen molar-refractivity contribution in [2.45, 2.75) is 6.92 Å². The van der Waals surface area contributed by atoms with Crippen molar-refractivity contribution >= 4 is 6.29 Å². The number of aryl methyl sites for hydroxylation is 2. The molecule has 1 rings (SSSR count).